The molecule has 2 aromatic heterocycles. The van der Waals surface area contributed by atoms with E-state index in [9.17, 15) is 13.2 Å². The molecule has 11 heteroatoms. The van der Waals surface area contributed by atoms with Gasteiger partial charge in [-0.2, -0.15) is 23.4 Å². The molecule has 0 fully saturated rings. The van der Waals surface area contributed by atoms with Crippen molar-refractivity contribution < 1.29 is 23.1 Å². The molecule has 3 rings (SSSR count). The molecule has 30 heavy (non-hydrogen) atoms. The SMILES string of the molecule is CCC(CC)c1n[nH]c2c1CN(Cc1c(C)nn(C)c1Cl)CC2.O=C(O)C(F)(F)F. The van der Waals surface area contributed by atoms with Crippen LogP contribution < -0.4 is 0 Å². The molecule has 168 valence electrons. The number of hydrogen-bond donors (Lipinski definition) is 2. The monoisotopic (exact) mass is 449 g/mol. The zero-order valence-electron chi connectivity index (χ0n) is 17.5. The van der Waals surface area contributed by atoms with Crippen LogP contribution in [0.15, 0.2) is 0 Å². The van der Waals surface area contributed by atoms with Crippen LogP contribution in [0.2, 0.25) is 5.15 Å². The predicted molar refractivity (Wildman–Crippen MR) is 106 cm³/mol. The topological polar surface area (TPSA) is 87.0 Å². The van der Waals surface area contributed by atoms with Crippen LogP contribution in [0.4, 0.5) is 13.2 Å². The fourth-order valence-corrected chi connectivity index (χ4v) is 3.83. The third-order valence-corrected chi connectivity index (χ3v) is 5.78. The van der Waals surface area contributed by atoms with E-state index in [0.717, 1.165) is 55.3 Å². The van der Waals surface area contributed by atoms with Crippen molar-refractivity contribution in [3.63, 3.8) is 0 Å². The molecule has 0 unspecified atom stereocenters. The number of aryl methyl sites for hydroxylation is 2. The van der Waals surface area contributed by atoms with Gasteiger partial charge in [-0.25, -0.2) is 4.79 Å². The van der Waals surface area contributed by atoms with Crippen LogP contribution in [0.25, 0.3) is 0 Å². The number of hydrogen-bond acceptors (Lipinski definition) is 4. The highest BCUT2D eigenvalue weighted by atomic mass is 35.5. The quantitative estimate of drug-likeness (QED) is 0.714. The normalized spacial score (nSPS) is 14.4. The third kappa shape index (κ3) is 5.54. The summed E-state index contributed by atoms with van der Waals surface area (Å²) < 4.78 is 33.5. The van der Waals surface area contributed by atoms with E-state index < -0.39 is 12.1 Å². The molecule has 7 nitrogen and oxygen atoms in total. The Morgan fingerprint density at radius 1 is 1.33 bits per heavy atom. The number of carboxylic acids is 1. The van der Waals surface area contributed by atoms with Gasteiger partial charge in [0.2, 0.25) is 0 Å². The highest BCUT2D eigenvalue weighted by Crippen LogP contribution is 2.31. The minimum Gasteiger partial charge on any atom is -0.475 e. The number of H-pyrrole nitrogens is 1. The summed E-state index contributed by atoms with van der Waals surface area (Å²) in [6, 6.07) is 0. The Kier molecular flexibility index (Phi) is 7.93. The highest BCUT2D eigenvalue weighted by Gasteiger charge is 2.38. The number of aromatic nitrogens is 4. The van der Waals surface area contributed by atoms with E-state index in [1.807, 2.05) is 14.0 Å². The van der Waals surface area contributed by atoms with Crippen molar-refractivity contribution >= 4 is 17.6 Å². The summed E-state index contributed by atoms with van der Waals surface area (Å²) in [5.41, 5.74) is 6.16. The van der Waals surface area contributed by atoms with Crippen molar-refractivity contribution in [2.75, 3.05) is 6.54 Å². The lowest BCUT2D eigenvalue weighted by atomic mass is 9.93. The van der Waals surface area contributed by atoms with Gasteiger partial charge in [-0.05, 0) is 19.8 Å². The molecule has 3 heterocycles. The second kappa shape index (κ2) is 9.82. The average molecular weight is 450 g/mol. The molecule has 0 aromatic carbocycles. The minimum atomic E-state index is -5.08. The zero-order valence-corrected chi connectivity index (χ0v) is 18.2. The molecule has 2 N–H and O–H groups in total. The highest BCUT2D eigenvalue weighted by molar-refractivity contribution is 6.30. The maximum atomic E-state index is 10.6. The number of alkyl halides is 3. The van der Waals surface area contributed by atoms with E-state index in [1.54, 1.807) is 4.68 Å². The summed E-state index contributed by atoms with van der Waals surface area (Å²) in [5.74, 6) is -2.20. The summed E-state index contributed by atoms with van der Waals surface area (Å²) in [7, 11) is 1.90. The Balaban J connectivity index is 0.000000396. The average Bonchev–Trinajstić information content (AvgIpc) is 3.19. The number of carbonyl (C=O) groups is 1. The largest absolute Gasteiger partial charge is 0.490 e. The molecule has 1 aliphatic heterocycles. The Hall–Kier alpha value is -2.07. The summed E-state index contributed by atoms with van der Waals surface area (Å²) in [6.07, 6.45) is -1.78. The number of rotatable bonds is 5. The van der Waals surface area contributed by atoms with Crippen LogP contribution in [0.1, 0.15) is 60.8 Å². The number of fused-ring (bicyclic) bond motifs is 1. The van der Waals surface area contributed by atoms with Gasteiger partial charge in [-0.1, -0.05) is 25.4 Å². The van der Waals surface area contributed by atoms with E-state index in [-0.39, 0.29) is 0 Å². The zero-order chi connectivity index (χ0) is 22.6. The van der Waals surface area contributed by atoms with E-state index in [0.29, 0.717) is 5.92 Å². The molecule has 0 atom stereocenters. The molecular weight excluding hydrogens is 423 g/mol. The maximum absolute atomic E-state index is 10.6. The van der Waals surface area contributed by atoms with Gasteiger partial charge in [-0.15, -0.1) is 0 Å². The molecule has 0 saturated heterocycles. The van der Waals surface area contributed by atoms with Crippen LogP contribution in [-0.4, -0.2) is 48.7 Å². The number of halogens is 4. The fraction of sp³-hybridized carbons (Fsp3) is 0.632. The summed E-state index contributed by atoms with van der Waals surface area (Å²) in [6.45, 7) is 9.35. The Morgan fingerprint density at radius 3 is 2.40 bits per heavy atom. The fourth-order valence-electron chi connectivity index (χ4n) is 3.60. The molecule has 0 saturated carbocycles. The number of nitrogens with one attached hydrogen (secondary N) is 1. The lowest BCUT2D eigenvalue weighted by molar-refractivity contribution is -0.192. The number of carboxylic acid groups (broad SMARTS) is 1. The van der Waals surface area contributed by atoms with Gasteiger partial charge in [0.05, 0.1) is 11.4 Å². The standard InChI is InChI=1S/C17H26ClN5.C2HF3O2/c1-5-12(6-2)16-14-10-23(8-7-15(14)19-20-16)9-13-11(3)21-22(4)17(13)18;3-2(4,5)1(6)7/h12H,5-10H2,1-4H3,(H,19,20);(H,6,7). The first-order valence-corrected chi connectivity index (χ1v) is 10.1. The Morgan fingerprint density at radius 2 is 1.93 bits per heavy atom. The van der Waals surface area contributed by atoms with Gasteiger partial charge in [0.25, 0.3) is 0 Å². The molecule has 0 aliphatic carbocycles. The first-order chi connectivity index (χ1) is 14.0. The van der Waals surface area contributed by atoms with E-state index in [1.165, 1.54) is 17.0 Å². The minimum absolute atomic E-state index is 0.554. The van der Waals surface area contributed by atoms with Gasteiger partial charge in [0.1, 0.15) is 5.15 Å². The molecule has 0 bridgehead atoms. The van der Waals surface area contributed by atoms with Crippen molar-refractivity contribution in [2.24, 2.45) is 7.05 Å². The smallest absolute Gasteiger partial charge is 0.475 e. The molecule has 0 radical (unpaired) electrons. The van der Waals surface area contributed by atoms with E-state index in [2.05, 4.69) is 34.0 Å². The lowest BCUT2D eigenvalue weighted by Crippen LogP contribution is -2.30. The number of aromatic amines is 1. The Labute approximate surface area is 178 Å². The van der Waals surface area contributed by atoms with Crippen molar-refractivity contribution in [1.29, 1.82) is 0 Å². The van der Waals surface area contributed by atoms with Crippen molar-refractivity contribution in [2.45, 2.75) is 65.2 Å². The van der Waals surface area contributed by atoms with Crippen molar-refractivity contribution in [3.05, 3.63) is 33.4 Å². The second-order valence-corrected chi connectivity index (χ2v) is 7.68. The van der Waals surface area contributed by atoms with Crippen LogP contribution in [0.3, 0.4) is 0 Å². The summed E-state index contributed by atoms with van der Waals surface area (Å²) in [5, 5.41) is 20.2. The Bertz CT molecular complexity index is 874. The van der Waals surface area contributed by atoms with Gasteiger partial charge in [0, 0.05) is 55.8 Å². The summed E-state index contributed by atoms with van der Waals surface area (Å²) >= 11 is 6.39. The van der Waals surface area contributed by atoms with E-state index >= 15 is 0 Å². The van der Waals surface area contributed by atoms with Crippen molar-refractivity contribution in [3.8, 4) is 0 Å². The molecule has 0 amide bonds. The van der Waals surface area contributed by atoms with Crippen LogP contribution in [-0.2, 0) is 31.4 Å². The second-order valence-electron chi connectivity index (χ2n) is 7.32. The van der Waals surface area contributed by atoms with Gasteiger partial charge >= 0.3 is 12.1 Å². The molecule has 2 aromatic rings. The lowest BCUT2D eigenvalue weighted by Gasteiger charge is -2.27. The van der Waals surface area contributed by atoms with Crippen LogP contribution in [0.5, 0.6) is 0 Å². The predicted octanol–water partition coefficient (Wildman–Crippen LogP) is 4.20. The molecule has 1 aliphatic rings. The van der Waals surface area contributed by atoms with Gasteiger partial charge < -0.3 is 5.11 Å². The van der Waals surface area contributed by atoms with Gasteiger partial charge in [-0.3, -0.25) is 14.7 Å². The third-order valence-electron chi connectivity index (χ3n) is 5.31. The van der Waals surface area contributed by atoms with E-state index in [4.69, 9.17) is 21.5 Å². The van der Waals surface area contributed by atoms with Crippen molar-refractivity contribution in [1.82, 2.24) is 24.9 Å². The molecular formula is C19H27ClF3N5O2. The number of aliphatic carboxylic acids is 1. The summed E-state index contributed by atoms with van der Waals surface area (Å²) in [4.78, 5) is 11.4. The van der Waals surface area contributed by atoms with Crippen LogP contribution >= 0.6 is 11.6 Å². The van der Waals surface area contributed by atoms with Crippen LogP contribution in [0, 0.1) is 6.92 Å². The number of nitrogens with zero attached hydrogens (tertiary/aromatic N) is 4. The maximum Gasteiger partial charge on any atom is 0.490 e. The molecule has 0 spiro atoms. The van der Waals surface area contributed by atoms with Gasteiger partial charge in [0.15, 0.2) is 0 Å². The first kappa shape index (κ1) is 24.2. The first-order valence-electron chi connectivity index (χ1n) is 9.75.